The molecule has 0 fully saturated rings. The Bertz CT molecular complexity index is 732. The summed E-state index contributed by atoms with van der Waals surface area (Å²) in [6.07, 6.45) is 0. The van der Waals surface area contributed by atoms with Gasteiger partial charge in [-0.2, -0.15) is 0 Å². The van der Waals surface area contributed by atoms with E-state index in [9.17, 15) is 9.59 Å². The van der Waals surface area contributed by atoms with Crippen molar-refractivity contribution in [3.05, 3.63) is 57.4 Å². The van der Waals surface area contributed by atoms with Crippen LogP contribution in [0, 0.1) is 13.8 Å². The van der Waals surface area contributed by atoms with Gasteiger partial charge in [-0.05, 0) is 37.6 Å². The van der Waals surface area contributed by atoms with Crippen molar-refractivity contribution in [2.24, 2.45) is 12.9 Å². The van der Waals surface area contributed by atoms with Crippen LogP contribution < -0.4 is 16.8 Å². The fraction of sp³-hybridized carbons (Fsp3) is 0.200. The van der Waals surface area contributed by atoms with Crippen LogP contribution >= 0.6 is 0 Å². The lowest BCUT2D eigenvalue weighted by molar-refractivity contribution is 0.0951. The van der Waals surface area contributed by atoms with Gasteiger partial charge < -0.3 is 4.57 Å². The number of pyridine rings is 1. The molecule has 0 saturated carbocycles. The number of benzene rings is 1. The lowest BCUT2D eigenvalue weighted by Crippen LogP contribution is -2.36. The molecule has 1 aromatic carbocycles. The van der Waals surface area contributed by atoms with Crippen LogP contribution in [0.25, 0.3) is 11.3 Å². The van der Waals surface area contributed by atoms with Gasteiger partial charge in [0.2, 0.25) is 0 Å². The predicted octanol–water partition coefficient (Wildman–Crippen LogP) is 1.27. The highest BCUT2D eigenvalue weighted by Crippen LogP contribution is 2.23. The second-order valence-corrected chi connectivity index (χ2v) is 4.79. The number of hydrogen-bond donors (Lipinski definition) is 2. The van der Waals surface area contributed by atoms with Gasteiger partial charge in [0.05, 0.1) is 5.69 Å². The molecular formula is C15H17N3O2. The van der Waals surface area contributed by atoms with Crippen LogP contribution in [0.2, 0.25) is 0 Å². The van der Waals surface area contributed by atoms with Gasteiger partial charge in [-0.15, -0.1) is 0 Å². The number of hydrazine groups is 1. The Hall–Kier alpha value is -2.40. The largest absolute Gasteiger partial charge is 0.311 e. The lowest BCUT2D eigenvalue weighted by atomic mass is 10.0. The molecule has 0 bridgehead atoms. The summed E-state index contributed by atoms with van der Waals surface area (Å²) >= 11 is 0. The van der Waals surface area contributed by atoms with Crippen molar-refractivity contribution < 1.29 is 4.79 Å². The maximum atomic E-state index is 12.2. The van der Waals surface area contributed by atoms with Crippen LogP contribution in [-0.2, 0) is 7.05 Å². The van der Waals surface area contributed by atoms with E-state index in [1.165, 1.54) is 10.6 Å². The summed E-state index contributed by atoms with van der Waals surface area (Å²) in [6.45, 7) is 3.98. The minimum absolute atomic E-state index is 0.0315. The van der Waals surface area contributed by atoms with Crippen molar-refractivity contribution in [2.45, 2.75) is 13.8 Å². The summed E-state index contributed by atoms with van der Waals surface area (Å²) in [7, 11) is 1.65. The van der Waals surface area contributed by atoms with E-state index >= 15 is 0 Å². The van der Waals surface area contributed by atoms with Crippen molar-refractivity contribution in [3.8, 4) is 11.3 Å². The van der Waals surface area contributed by atoms with Gasteiger partial charge in [-0.25, -0.2) is 5.84 Å². The first-order valence-electron chi connectivity index (χ1n) is 6.24. The van der Waals surface area contributed by atoms with Crippen molar-refractivity contribution in [2.75, 3.05) is 0 Å². The number of carbonyl (C=O) groups is 1. The Morgan fingerprint density at radius 3 is 2.55 bits per heavy atom. The van der Waals surface area contributed by atoms with Crippen LogP contribution in [0.5, 0.6) is 0 Å². The zero-order valence-electron chi connectivity index (χ0n) is 11.7. The molecule has 2 rings (SSSR count). The SMILES string of the molecule is Cc1ccc(C)c(-c2ccc(C(=O)NN)c(=O)n2C)c1. The minimum Gasteiger partial charge on any atom is -0.311 e. The topological polar surface area (TPSA) is 77.1 Å². The molecule has 0 atom stereocenters. The standard InChI is InChI=1S/C15H17N3O2/c1-9-4-5-10(2)12(8-9)13-7-6-11(14(19)17-16)15(20)18(13)3/h4-8H,16H2,1-3H3,(H,17,19). The molecule has 0 unspecified atom stereocenters. The predicted molar refractivity (Wildman–Crippen MR) is 78.2 cm³/mol. The highest BCUT2D eigenvalue weighted by atomic mass is 16.2. The number of hydrogen-bond acceptors (Lipinski definition) is 3. The normalized spacial score (nSPS) is 10.4. The average Bonchev–Trinajstić information content (AvgIpc) is 2.44. The summed E-state index contributed by atoms with van der Waals surface area (Å²) < 4.78 is 1.46. The fourth-order valence-electron chi connectivity index (χ4n) is 2.17. The van der Waals surface area contributed by atoms with Crippen LogP contribution in [0.4, 0.5) is 0 Å². The van der Waals surface area contributed by atoms with E-state index in [2.05, 4.69) is 0 Å². The fourth-order valence-corrected chi connectivity index (χ4v) is 2.17. The van der Waals surface area contributed by atoms with Gasteiger partial charge in [0.15, 0.2) is 0 Å². The first-order chi connectivity index (χ1) is 9.45. The Kier molecular flexibility index (Phi) is 3.72. The molecule has 1 aromatic heterocycles. The Labute approximate surface area is 117 Å². The van der Waals surface area contributed by atoms with E-state index in [0.717, 1.165) is 22.4 Å². The summed E-state index contributed by atoms with van der Waals surface area (Å²) in [5, 5.41) is 0. The average molecular weight is 271 g/mol. The maximum Gasteiger partial charge on any atom is 0.270 e. The molecule has 0 aliphatic carbocycles. The van der Waals surface area contributed by atoms with Gasteiger partial charge in [-0.1, -0.05) is 17.7 Å². The summed E-state index contributed by atoms with van der Waals surface area (Å²) in [5.41, 5.74) is 5.57. The van der Waals surface area contributed by atoms with E-state index in [0.29, 0.717) is 0 Å². The summed E-state index contributed by atoms with van der Waals surface area (Å²) in [6, 6.07) is 9.31. The van der Waals surface area contributed by atoms with E-state index in [1.807, 2.05) is 37.5 Å². The Morgan fingerprint density at radius 2 is 1.90 bits per heavy atom. The molecule has 20 heavy (non-hydrogen) atoms. The Morgan fingerprint density at radius 1 is 1.20 bits per heavy atom. The van der Waals surface area contributed by atoms with Gasteiger partial charge >= 0.3 is 0 Å². The number of aromatic nitrogens is 1. The Balaban J connectivity index is 2.66. The highest BCUT2D eigenvalue weighted by Gasteiger charge is 2.14. The number of nitrogens with zero attached hydrogens (tertiary/aromatic N) is 1. The summed E-state index contributed by atoms with van der Waals surface area (Å²) in [5.74, 6) is 4.48. The molecule has 5 nitrogen and oxygen atoms in total. The third-order valence-corrected chi connectivity index (χ3v) is 3.35. The quantitative estimate of drug-likeness (QED) is 0.490. The third-order valence-electron chi connectivity index (χ3n) is 3.35. The number of nitrogens with one attached hydrogen (secondary N) is 1. The zero-order chi connectivity index (χ0) is 14.9. The molecule has 1 heterocycles. The number of aryl methyl sites for hydroxylation is 2. The monoisotopic (exact) mass is 271 g/mol. The van der Waals surface area contributed by atoms with E-state index in [-0.39, 0.29) is 11.1 Å². The van der Waals surface area contributed by atoms with E-state index in [4.69, 9.17) is 5.84 Å². The van der Waals surface area contributed by atoms with E-state index in [1.54, 1.807) is 13.1 Å². The van der Waals surface area contributed by atoms with Crippen LogP contribution in [0.15, 0.2) is 35.1 Å². The van der Waals surface area contributed by atoms with Gasteiger partial charge in [0.1, 0.15) is 5.56 Å². The first-order valence-corrected chi connectivity index (χ1v) is 6.24. The van der Waals surface area contributed by atoms with Crippen molar-refractivity contribution >= 4 is 5.91 Å². The molecular weight excluding hydrogens is 254 g/mol. The molecule has 0 saturated heterocycles. The van der Waals surface area contributed by atoms with Crippen LogP contribution in [0.1, 0.15) is 21.5 Å². The smallest absolute Gasteiger partial charge is 0.270 e. The van der Waals surface area contributed by atoms with Crippen LogP contribution in [-0.4, -0.2) is 10.5 Å². The highest BCUT2D eigenvalue weighted by molar-refractivity contribution is 5.93. The molecule has 0 spiro atoms. The van der Waals surface area contributed by atoms with Crippen LogP contribution in [0.3, 0.4) is 0 Å². The number of rotatable bonds is 2. The molecule has 0 aliphatic rings. The molecule has 2 aromatic rings. The molecule has 104 valence electrons. The molecule has 0 aliphatic heterocycles. The maximum absolute atomic E-state index is 12.2. The zero-order valence-corrected chi connectivity index (χ0v) is 11.7. The second-order valence-electron chi connectivity index (χ2n) is 4.79. The summed E-state index contributed by atoms with van der Waals surface area (Å²) in [4.78, 5) is 23.7. The minimum atomic E-state index is -0.585. The second kappa shape index (κ2) is 5.30. The molecule has 1 amide bonds. The lowest BCUT2D eigenvalue weighted by Gasteiger charge is -2.13. The number of nitrogens with two attached hydrogens (primary N) is 1. The third kappa shape index (κ3) is 2.35. The molecule has 3 N–H and O–H groups in total. The van der Waals surface area contributed by atoms with Crippen molar-refractivity contribution in [1.29, 1.82) is 0 Å². The van der Waals surface area contributed by atoms with E-state index < -0.39 is 5.91 Å². The van der Waals surface area contributed by atoms with Gasteiger partial charge in [0, 0.05) is 12.6 Å². The number of nitrogen functional groups attached to an aromatic ring is 1. The van der Waals surface area contributed by atoms with Crippen molar-refractivity contribution in [1.82, 2.24) is 9.99 Å². The van der Waals surface area contributed by atoms with Gasteiger partial charge in [-0.3, -0.25) is 15.0 Å². The number of carbonyl (C=O) groups excluding carboxylic acids is 1. The van der Waals surface area contributed by atoms with Crippen molar-refractivity contribution in [3.63, 3.8) is 0 Å². The number of amides is 1. The molecule has 5 heteroatoms. The first kappa shape index (κ1) is 14.0. The molecule has 0 radical (unpaired) electrons. The van der Waals surface area contributed by atoms with Gasteiger partial charge in [0.25, 0.3) is 11.5 Å².